The molecule has 0 bridgehead atoms. The molecular weight excluding hydrogens is 424 g/mol. The van der Waals surface area contributed by atoms with E-state index >= 15 is 0 Å². The van der Waals surface area contributed by atoms with E-state index in [9.17, 15) is 19.5 Å². The molecule has 0 saturated heterocycles. The number of fused-ring (bicyclic) bond motifs is 3. The number of aliphatic imine (C=N–C) groups is 1. The van der Waals surface area contributed by atoms with Gasteiger partial charge in [-0.25, -0.2) is 19.9 Å². The Morgan fingerprint density at radius 1 is 1.03 bits per heavy atom. The second kappa shape index (κ2) is 9.99. The van der Waals surface area contributed by atoms with Crippen LogP contribution in [0.4, 0.5) is 4.79 Å². The molecule has 0 aromatic heterocycles. The third-order valence-electron chi connectivity index (χ3n) is 5.53. The van der Waals surface area contributed by atoms with Gasteiger partial charge in [-0.3, -0.25) is 4.79 Å². The molecule has 1 aliphatic heterocycles. The van der Waals surface area contributed by atoms with Gasteiger partial charge in [0.15, 0.2) is 0 Å². The Balaban J connectivity index is 1.23. The molecule has 1 radical (unpaired) electrons. The fourth-order valence-electron chi connectivity index (χ4n) is 3.97. The number of aliphatic carboxylic acids is 1. The van der Waals surface area contributed by atoms with Crippen LogP contribution in [0.3, 0.4) is 0 Å². The van der Waals surface area contributed by atoms with Crippen molar-refractivity contribution in [3.8, 4) is 11.1 Å². The van der Waals surface area contributed by atoms with Crippen molar-refractivity contribution >= 4 is 24.3 Å². The largest absolute Gasteiger partial charge is 0.480 e. The van der Waals surface area contributed by atoms with E-state index in [-0.39, 0.29) is 31.9 Å². The minimum absolute atomic E-state index is 0.0189. The summed E-state index contributed by atoms with van der Waals surface area (Å²) in [6.07, 6.45) is 2.07. The summed E-state index contributed by atoms with van der Waals surface area (Å²) >= 11 is 0. The first-order chi connectivity index (χ1) is 16.0. The first-order valence-corrected chi connectivity index (χ1v) is 10.6. The minimum atomic E-state index is -1.17. The summed E-state index contributed by atoms with van der Waals surface area (Å²) in [4.78, 5) is 39.4. The van der Waals surface area contributed by atoms with Gasteiger partial charge in [-0.05, 0) is 22.3 Å². The highest BCUT2D eigenvalue weighted by atomic mass is 16.5. The van der Waals surface area contributed by atoms with Crippen molar-refractivity contribution < 1.29 is 24.2 Å². The van der Waals surface area contributed by atoms with E-state index < -0.39 is 24.0 Å². The van der Waals surface area contributed by atoms with Crippen LogP contribution in [0.5, 0.6) is 0 Å². The Kier molecular flexibility index (Phi) is 6.68. The van der Waals surface area contributed by atoms with Crippen molar-refractivity contribution in [2.24, 2.45) is 4.99 Å². The molecule has 2 amide bonds. The zero-order chi connectivity index (χ0) is 23.2. The number of carboxylic acid groups (broad SMARTS) is 1. The summed E-state index contributed by atoms with van der Waals surface area (Å²) in [5, 5.41) is 18.2. The van der Waals surface area contributed by atoms with E-state index in [1.54, 1.807) is 0 Å². The smallest absolute Gasteiger partial charge is 0.407 e. The summed E-state index contributed by atoms with van der Waals surface area (Å²) in [5.74, 6) is -1.72. The van der Waals surface area contributed by atoms with Crippen LogP contribution in [0.1, 0.15) is 29.9 Å². The van der Waals surface area contributed by atoms with Crippen molar-refractivity contribution in [2.75, 3.05) is 13.2 Å². The van der Waals surface area contributed by atoms with Gasteiger partial charge in [-0.1, -0.05) is 48.5 Å². The monoisotopic (exact) mass is 447 g/mol. The number of alkyl carbamates (subject to hydrolysis) is 1. The molecular formula is C24H23N4O5. The number of benzene rings is 2. The highest BCUT2D eigenvalue weighted by molar-refractivity contribution is 5.84. The van der Waals surface area contributed by atoms with Gasteiger partial charge in [0.2, 0.25) is 5.91 Å². The number of ether oxygens (including phenoxy) is 1. The van der Waals surface area contributed by atoms with Crippen molar-refractivity contribution in [1.82, 2.24) is 16.0 Å². The van der Waals surface area contributed by atoms with E-state index in [1.165, 1.54) is 12.5 Å². The van der Waals surface area contributed by atoms with E-state index in [1.807, 2.05) is 36.4 Å². The fourth-order valence-corrected chi connectivity index (χ4v) is 3.97. The van der Waals surface area contributed by atoms with Gasteiger partial charge >= 0.3 is 12.1 Å². The van der Waals surface area contributed by atoms with Gasteiger partial charge in [-0.2, -0.15) is 0 Å². The quantitative estimate of drug-likeness (QED) is 0.543. The van der Waals surface area contributed by atoms with Crippen LogP contribution >= 0.6 is 0 Å². The van der Waals surface area contributed by atoms with Crippen LogP contribution in [-0.4, -0.2) is 48.6 Å². The molecule has 3 N–H and O–H groups in total. The standard InChI is InChI=1S/C24H23N4O5/c29-22(28-21(23(30)31)11-15-12-25-14-27-15)9-10-26-24(32)33-13-20-18-7-3-1-5-16(18)17-6-2-4-8-19(17)20/h1-8,12,14,20-21H,9-11,13H2,(H,26,32)(H,28,29)(H,30,31)/t21-/m0/s1. The summed E-state index contributed by atoms with van der Waals surface area (Å²) in [6, 6.07) is 15.0. The molecule has 169 valence electrons. The number of nitrogens with zero attached hydrogens (tertiary/aromatic N) is 2. The molecule has 0 saturated carbocycles. The molecule has 9 heteroatoms. The lowest BCUT2D eigenvalue weighted by atomic mass is 9.98. The highest BCUT2D eigenvalue weighted by Gasteiger charge is 2.29. The third-order valence-corrected chi connectivity index (χ3v) is 5.53. The van der Waals surface area contributed by atoms with Crippen LogP contribution in [0.25, 0.3) is 11.1 Å². The Labute approximate surface area is 190 Å². The third kappa shape index (κ3) is 5.20. The predicted octanol–water partition coefficient (Wildman–Crippen LogP) is 2.36. The highest BCUT2D eigenvalue weighted by Crippen LogP contribution is 2.44. The Hall–Kier alpha value is -4.14. The molecule has 33 heavy (non-hydrogen) atoms. The van der Waals surface area contributed by atoms with Crippen molar-refractivity contribution in [1.29, 1.82) is 0 Å². The number of carbonyl (C=O) groups excluding carboxylic acids is 2. The molecule has 2 aliphatic rings. The first kappa shape index (κ1) is 22.1. The number of hydrogen-bond donors (Lipinski definition) is 3. The average molecular weight is 447 g/mol. The number of rotatable bonds is 9. The summed E-state index contributed by atoms with van der Waals surface area (Å²) in [5.41, 5.74) is 4.97. The van der Waals surface area contributed by atoms with Crippen LogP contribution in [-0.2, 0) is 14.3 Å². The number of amides is 2. The topological polar surface area (TPSA) is 131 Å². The van der Waals surface area contributed by atoms with Gasteiger partial charge < -0.3 is 20.5 Å². The molecule has 0 fully saturated rings. The average Bonchev–Trinajstić information content (AvgIpc) is 3.43. The van der Waals surface area contributed by atoms with E-state index in [0.717, 1.165) is 22.3 Å². The second-order valence-corrected chi connectivity index (χ2v) is 7.68. The Morgan fingerprint density at radius 3 is 2.30 bits per heavy atom. The van der Waals surface area contributed by atoms with Crippen LogP contribution in [0, 0.1) is 0 Å². The van der Waals surface area contributed by atoms with Crippen molar-refractivity contribution in [3.63, 3.8) is 0 Å². The minimum Gasteiger partial charge on any atom is -0.480 e. The normalized spacial score (nSPS) is 14.5. The number of carboxylic acids is 1. The maximum Gasteiger partial charge on any atom is 0.407 e. The summed E-state index contributed by atoms with van der Waals surface area (Å²) in [7, 11) is 0. The van der Waals surface area contributed by atoms with E-state index in [4.69, 9.17) is 4.74 Å². The van der Waals surface area contributed by atoms with Crippen LogP contribution < -0.4 is 16.0 Å². The fraction of sp³-hybridized carbons (Fsp3) is 0.250. The molecule has 1 atom stereocenters. The molecule has 0 spiro atoms. The van der Waals surface area contributed by atoms with Crippen LogP contribution in [0.15, 0.2) is 65.4 Å². The van der Waals surface area contributed by atoms with Crippen molar-refractivity contribution in [3.05, 3.63) is 71.6 Å². The maximum atomic E-state index is 12.2. The first-order valence-electron chi connectivity index (χ1n) is 10.6. The molecule has 4 rings (SSSR count). The lowest BCUT2D eigenvalue weighted by Crippen LogP contribution is -2.42. The van der Waals surface area contributed by atoms with Gasteiger partial charge in [0.05, 0.1) is 11.9 Å². The molecule has 2 aromatic rings. The maximum absolute atomic E-state index is 12.2. The van der Waals surface area contributed by atoms with Gasteiger partial charge in [0.1, 0.15) is 19.0 Å². The lowest BCUT2D eigenvalue weighted by Gasteiger charge is -2.15. The summed E-state index contributed by atoms with van der Waals surface area (Å²) < 4.78 is 5.42. The van der Waals surface area contributed by atoms with E-state index in [2.05, 4.69) is 33.1 Å². The molecule has 9 nitrogen and oxygen atoms in total. The van der Waals surface area contributed by atoms with Gasteiger partial charge in [0.25, 0.3) is 0 Å². The summed E-state index contributed by atoms with van der Waals surface area (Å²) in [6.45, 7) is 0.193. The Bertz CT molecular complexity index is 1080. The SMILES string of the molecule is O=C(CCNC(=O)OCC1c2ccccc2-c2ccccc21)N[C@@H](CC1=CN=C[N]1)C(=O)O. The lowest BCUT2D eigenvalue weighted by molar-refractivity contribution is -0.141. The molecule has 2 aromatic carbocycles. The Morgan fingerprint density at radius 2 is 1.70 bits per heavy atom. The zero-order valence-electron chi connectivity index (χ0n) is 17.7. The second-order valence-electron chi connectivity index (χ2n) is 7.68. The number of nitrogens with one attached hydrogen (secondary N) is 2. The number of hydrogen-bond acceptors (Lipinski definition) is 5. The molecule has 1 heterocycles. The molecule has 0 unspecified atom stereocenters. The number of carbonyl (C=O) groups is 3. The predicted molar refractivity (Wildman–Crippen MR) is 121 cm³/mol. The van der Waals surface area contributed by atoms with Crippen LogP contribution in [0.2, 0.25) is 0 Å². The van der Waals surface area contributed by atoms with Crippen molar-refractivity contribution in [2.45, 2.75) is 24.8 Å². The van der Waals surface area contributed by atoms with Gasteiger partial charge in [0, 0.05) is 25.3 Å². The van der Waals surface area contributed by atoms with E-state index in [0.29, 0.717) is 5.70 Å². The molecule has 1 aliphatic carbocycles. The zero-order valence-corrected chi connectivity index (χ0v) is 17.7. The van der Waals surface area contributed by atoms with Gasteiger partial charge in [-0.15, -0.1) is 0 Å².